The minimum atomic E-state index is -1.82. The normalized spacial score (nSPS) is 12.6. The lowest BCUT2D eigenvalue weighted by atomic mass is 10.0. The van der Waals surface area contributed by atoms with Crippen molar-refractivity contribution in [1.29, 1.82) is 0 Å². The molecule has 148 valence electrons. The zero-order chi connectivity index (χ0) is 20.4. The maximum atomic E-state index is 12.3. The Morgan fingerprint density at radius 1 is 1.22 bits per heavy atom. The number of carbonyl (C=O) groups is 2. The first kappa shape index (κ1) is 22.7. The number of hydrogen-bond acceptors (Lipinski definition) is 4. The lowest BCUT2D eigenvalue weighted by Gasteiger charge is -2.11. The topological polar surface area (TPSA) is 126 Å². The summed E-state index contributed by atoms with van der Waals surface area (Å²) in [7, 11) is 0. The lowest BCUT2D eigenvalue weighted by molar-refractivity contribution is -0.159. The van der Waals surface area contributed by atoms with Gasteiger partial charge in [-0.15, -0.1) is 0 Å². The van der Waals surface area contributed by atoms with Crippen molar-refractivity contribution in [3.05, 3.63) is 35.9 Å². The van der Waals surface area contributed by atoms with Gasteiger partial charge in [0.2, 0.25) is 0 Å². The number of nitrogens with one attached hydrogen (secondary N) is 1. The smallest absolute Gasteiger partial charge is 0.414 e. The van der Waals surface area contributed by atoms with E-state index < -0.39 is 23.1 Å². The zero-order valence-electron chi connectivity index (χ0n) is 15.8. The third-order valence-electron chi connectivity index (χ3n) is 3.77. The van der Waals surface area contributed by atoms with Gasteiger partial charge in [-0.1, -0.05) is 30.7 Å². The molecule has 2 aromatic rings. The van der Waals surface area contributed by atoms with Crippen LogP contribution < -0.4 is 0 Å². The Bertz CT molecular complexity index is 738. The standard InChI is InChI=1S/C17H24N2OS.C2H2O4/c1-13(2)7-6-8-14(3)11-12-21(20)17-18-15-9-4-5-10-16(15)19-17;3-1(4)2(5)6/h4-5,7,9-10,14H,6,8,11-12H2,1-3H3,(H,18,19);(H,3,4)(H,5,6). The molecule has 2 unspecified atom stereocenters. The average molecular weight is 394 g/mol. The highest BCUT2D eigenvalue weighted by Crippen LogP contribution is 2.18. The molecule has 1 aromatic heterocycles. The van der Waals surface area contributed by atoms with Gasteiger partial charge in [0.05, 0.1) is 11.0 Å². The highest BCUT2D eigenvalue weighted by Gasteiger charge is 2.17. The third-order valence-corrected chi connectivity index (χ3v) is 5.01. The summed E-state index contributed by atoms with van der Waals surface area (Å²) in [6.07, 6.45) is 5.51. The molecule has 0 spiro atoms. The summed E-state index contributed by atoms with van der Waals surface area (Å²) in [5.74, 6) is -2.38. The number of carboxylic acid groups (broad SMARTS) is 2. The Morgan fingerprint density at radius 2 is 1.85 bits per heavy atom. The van der Waals surface area contributed by atoms with Crippen molar-refractivity contribution in [2.75, 3.05) is 5.75 Å². The van der Waals surface area contributed by atoms with E-state index in [-0.39, 0.29) is 0 Å². The molecule has 0 aliphatic rings. The molecule has 3 N–H and O–H groups in total. The summed E-state index contributed by atoms with van der Waals surface area (Å²) in [6.45, 7) is 6.48. The number of imidazole rings is 1. The van der Waals surface area contributed by atoms with Crippen LogP contribution in [0.2, 0.25) is 0 Å². The van der Waals surface area contributed by atoms with Gasteiger partial charge >= 0.3 is 17.1 Å². The van der Waals surface area contributed by atoms with Crippen LogP contribution >= 0.6 is 0 Å². The SMILES string of the molecule is CC(C)=CCCC(C)CC[S+]([O-])c1nc2ccccc2[nH]1.O=C(O)C(=O)O. The first-order valence-corrected chi connectivity index (χ1v) is 9.95. The largest absolute Gasteiger partial charge is 0.609 e. The molecule has 0 fully saturated rings. The first-order valence-electron chi connectivity index (χ1n) is 8.63. The molecule has 0 aliphatic carbocycles. The maximum absolute atomic E-state index is 12.3. The van der Waals surface area contributed by atoms with Gasteiger partial charge in [-0.05, 0) is 51.2 Å². The fourth-order valence-electron chi connectivity index (χ4n) is 2.24. The third kappa shape index (κ3) is 8.74. The van der Waals surface area contributed by atoms with Gasteiger partial charge in [0.25, 0.3) is 0 Å². The van der Waals surface area contributed by atoms with Gasteiger partial charge in [-0.25, -0.2) is 9.59 Å². The van der Waals surface area contributed by atoms with Crippen molar-refractivity contribution in [2.45, 2.75) is 45.2 Å². The van der Waals surface area contributed by atoms with E-state index in [0.717, 1.165) is 30.3 Å². The molecule has 2 atom stereocenters. The molecule has 7 nitrogen and oxygen atoms in total. The molecule has 0 saturated carbocycles. The highest BCUT2D eigenvalue weighted by atomic mass is 32.2. The van der Waals surface area contributed by atoms with E-state index in [2.05, 4.69) is 36.8 Å². The Labute approximate surface area is 161 Å². The van der Waals surface area contributed by atoms with Gasteiger partial charge in [0.1, 0.15) is 5.75 Å². The minimum Gasteiger partial charge on any atom is -0.609 e. The predicted molar refractivity (Wildman–Crippen MR) is 105 cm³/mol. The van der Waals surface area contributed by atoms with E-state index in [9.17, 15) is 4.55 Å². The van der Waals surface area contributed by atoms with Gasteiger partial charge in [-0.2, -0.15) is 4.98 Å². The molecular weight excluding hydrogens is 368 g/mol. The molecule has 2 rings (SSSR count). The number of aromatic nitrogens is 2. The summed E-state index contributed by atoms with van der Waals surface area (Å²) in [4.78, 5) is 25.8. The first-order chi connectivity index (χ1) is 12.7. The maximum Gasteiger partial charge on any atom is 0.414 e. The predicted octanol–water partition coefficient (Wildman–Crippen LogP) is 3.60. The summed E-state index contributed by atoms with van der Waals surface area (Å²) >= 11 is -1.03. The van der Waals surface area contributed by atoms with Crippen molar-refractivity contribution < 1.29 is 24.4 Å². The van der Waals surface area contributed by atoms with Crippen LogP contribution in [0.3, 0.4) is 0 Å². The summed E-state index contributed by atoms with van der Waals surface area (Å²) in [6, 6.07) is 7.80. The summed E-state index contributed by atoms with van der Waals surface area (Å²) in [5.41, 5.74) is 3.21. The number of aromatic amines is 1. The van der Waals surface area contributed by atoms with Crippen molar-refractivity contribution in [1.82, 2.24) is 9.97 Å². The molecule has 0 saturated heterocycles. The van der Waals surface area contributed by atoms with Gasteiger partial charge in [0.15, 0.2) is 0 Å². The molecule has 1 aromatic carbocycles. The Kier molecular flexibility index (Phi) is 9.60. The molecule has 0 radical (unpaired) electrons. The fraction of sp³-hybridized carbons (Fsp3) is 0.421. The number of hydrogen-bond donors (Lipinski definition) is 3. The van der Waals surface area contributed by atoms with E-state index in [4.69, 9.17) is 19.8 Å². The van der Waals surface area contributed by atoms with Crippen LogP contribution in [-0.2, 0) is 20.8 Å². The van der Waals surface area contributed by atoms with Crippen molar-refractivity contribution in [3.63, 3.8) is 0 Å². The Hall–Kier alpha value is -2.32. The van der Waals surface area contributed by atoms with Crippen LogP contribution in [0, 0.1) is 5.92 Å². The number of fused-ring (bicyclic) bond motifs is 1. The van der Waals surface area contributed by atoms with E-state index >= 15 is 0 Å². The fourth-order valence-corrected chi connectivity index (χ4v) is 3.48. The number of rotatable bonds is 7. The molecule has 8 heteroatoms. The van der Waals surface area contributed by atoms with E-state index in [0.29, 0.717) is 16.8 Å². The number of para-hydroxylation sites is 2. The van der Waals surface area contributed by atoms with Gasteiger partial charge in [-0.3, -0.25) is 4.98 Å². The summed E-state index contributed by atoms with van der Waals surface area (Å²) in [5, 5.41) is 15.4. The zero-order valence-corrected chi connectivity index (χ0v) is 16.6. The monoisotopic (exact) mass is 394 g/mol. The van der Waals surface area contributed by atoms with Gasteiger partial charge < -0.3 is 14.8 Å². The number of allylic oxidation sites excluding steroid dienone is 2. The van der Waals surface area contributed by atoms with Crippen molar-refractivity contribution in [2.24, 2.45) is 5.92 Å². The van der Waals surface area contributed by atoms with Crippen molar-refractivity contribution in [3.8, 4) is 0 Å². The molecular formula is C19H26N2O5S. The second-order valence-corrected chi connectivity index (χ2v) is 7.96. The van der Waals surface area contributed by atoms with Crippen LogP contribution in [0.4, 0.5) is 0 Å². The number of benzene rings is 1. The van der Waals surface area contributed by atoms with Crippen LogP contribution in [0.15, 0.2) is 41.1 Å². The molecule has 0 aliphatic heterocycles. The number of H-pyrrole nitrogens is 1. The van der Waals surface area contributed by atoms with Crippen LogP contribution in [0.1, 0.15) is 40.0 Å². The van der Waals surface area contributed by atoms with Crippen LogP contribution in [0.25, 0.3) is 11.0 Å². The lowest BCUT2D eigenvalue weighted by Crippen LogP contribution is -2.11. The average Bonchev–Trinajstić information content (AvgIpc) is 3.04. The second-order valence-electron chi connectivity index (χ2n) is 6.47. The van der Waals surface area contributed by atoms with Crippen LogP contribution in [-0.4, -0.2) is 42.4 Å². The van der Waals surface area contributed by atoms with Crippen LogP contribution in [0.5, 0.6) is 0 Å². The number of carboxylic acids is 2. The van der Waals surface area contributed by atoms with E-state index in [1.54, 1.807) is 0 Å². The minimum absolute atomic E-state index is 0.592. The van der Waals surface area contributed by atoms with E-state index in [1.165, 1.54) is 5.57 Å². The van der Waals surface area contributed by atoms with E-state index in [1.807, 2.05) is 24.3 Å². The molecule has 1 heterocycles. The molecule has 27 heavy (non-hydrogen) atoms. The highest BCUT2D eigenvalue weighted by molar-refractivity contribution is 7.91. The molecule has 0 amide bonds. The quantitative estimate of drug-likeness (QED) is 0.374. The van der Waals surface area contributed by atoms with Crippen molar-refractivity contribution >= 4 is 34.1 Å². The Morgan fingerprint density at radius 3 is 2.41 bits per heavy atom. The second kappa shape index (κ2) is 11.4. The Balaban J connectivity index is 0.000000527. The van der Waals surface area contributed by atoms with Gasteiger partial charge in [0, 0.05) is 11.2 Å². The number of aliphatic carboxylic acids is 2. The number of nitrogens with zero attached hydrogens (tertiary/aromatic N) is 1. The molecule has 0 bridgehead atoms. The summed E-state index contributed by atoms with van der Waals surface area (Å²) < 4.78 is 12.3.